The maximum absolute atomic E-state index is 3.57. The maximum Gasteiger partial charge on any atom is 0.0117 e. The molecule has 1 aliphatic heterocycles. The van der Waals surface area contributed by atoms with Gasteiger partial charge in [-0.2, -0.15) is 0 Å². The highest BCUT2D eigenvalue weighted by atomic mass is 15.2. The summed E-state index contributed by atoms with van der Waals surface area (Å²) in [5, 5.41) is 3.57. The molecule has 3 nitrogen and oxygen atoms in total. The summed E-state index contributed by atoms with van der Waals surface area (Å²) in [5.41, 5.74) is 0. The molecule has 0 aromatic rings. The summed E-state index contributed by atoms with van der Waals surface area (Å²) in [6.07, 6.45) is 6.55. The first-order valence-electron chi connectivity index (χ1n) is 7.75. The Morgan fingerprint density at radius 2 is 2.00 bits per heavy atom. The summed E-state index contributed by atoms with van der Waals surface area (Å²) in [7, 11) is 4.54. The topological polar surface area (TPSA) is 18.5 Å². The van der Waals surface area contributed by atoms with Crippen molar-refractivity contribution in [2.24, 2.45) is 0 Å². The van der Waals surface area contributed by atoms with E-state index in [0.717, 1.165) is 12.6 Å². The SMILES string of the molecule is CCCNC(C)CCCN(C)C1CCN(C)CC1. The first kappa shape index (κ1) is 15.9. The van der Waals surface area contributed by atoms with Crippen molar-refractivity contribution in [3.8, 4) is 0 Å². The van der Waals surface area contributed by atoms with Crippen LogP contribution in [0.1, 0.15) is 46.0 Å². The predicted octanol–water partition coefficient (Wildman–Crippen LogP) is 2.18. The number of nitrogens with zero attached hydrogens (tertiary/aromatic N) is 2. The third-order valence-corrected chi connectivity index (χ3v) is 4.20. The molecule has 0 spiro atoms. The molecule has 1 saturated heterocycles. The molecular formula is C15H33N3. The van der Waals surface area contributed by atoms with Gasteiger partial charge in [0.25, 0.3) is 0 Å². The lowest BCUT2D eigenvalue weighted by Gasteiger charge is -2.35. The van der Waals surface area contributed by atoms with Crippen molar-refractivity contribution < 1.29 is 0 Å². The van der Waals surface area contributed by atoms with Crippen LogP contribution in [-0.4, -0.2) is 62.2 Å². The number of hydrogen-bond donors (Lipinski definition) is 1. The zero-order chi connectivity index (χ0) is 13.4. The standard InChI is InChI=1S/C15H33N3/c1-5-10-16-14(2)7-6-11-18(4)15-8-12-17(3)13-9-15/h14-16H,5-13H2,1-4H3. The molecule has 0 bridgehead atoms. The van der Waals surface area contributed by atoms with E-state index in [0.29, 0.717) is 6.04 Å². The Bertz CT molecular complexity index is 200. The molecule has 1 atom stereocenters. The Balaban J connectivity index is 2.07. The largest absolute Gasteiger partial charge is 0.314 e. The predicted molar refractivity (Wildman–Crippen MR) is 80.1 cm³/mol. The monoisotopic (exact) mass is 255 g/mol. The van der Waals surface area contributed by atoms with Gasteiger partial charge in [0, 0.05) is 12.1 Å². The van der Waals surface area contributed by atoms with Gasteiger partial charge in [0.1, 0.15) is 0 Å². The highest BCUT2D eigenvalue weighted by molar-refractivity contribution is 4.77. The molecule has 108 valence electrons. The second-order valence-electron chi connectivity index (χ2n) is 6.01. The number of likely N-dealkylation sites (tertiary alicyclic amines) is 1. The van der Waals surface area contributed by atoms with Crippen molar-refractivity contribution in [2.45, 2.75) is 58.0 Å². The fraction of sp³-hybridized carbons (Fsp3) is 1.00. The zero-order valence-electron chi connectivity index (χ0n) is 12.9. The van der Waals surface area contributed by atoms with E-state index in [1.54, 1.807) is 0 Å². The lowest BCUT2D eigenvalue weighted by molar-refractivity contribution is 0.142. The summed E-state index contributed by atoms with van der Waals surface area (Å²) in [4.78, 5) is 5.03. The van der Waals surface area contributed by atoms with E-state index in [-0.39, 0.29) is 0 Å². The zero-order valence-corrected chi connectivity index (χ0v) is 12.9. The molecular weight excluding hydrogens is 222 g/mol. The van der Waals surface area contributed by atoms with Crippen molar-refractivity contribution in [3.63, 3.8) is 0 Å². The number of rotatable bonds is 8. The molecule has 0 aromatic carbocycles. The molecule has 0 saturated carbocycles. The normalized spacial score (nSPS) is 20.5. The minimum atomic E-state index is 0.677. The van der Waals surface area contributed by atoms with Crippen molar-refractivity contribution in [2.75, 3.05) is 40.3 Å². The molecule has 1 N–H and O–H groups in total. The van der Waals surface area contributed by atoms with Gasteiger partial charge in [0.15, 0.2) is 0 Å². The fourth-order valence-electron chi connectivity index (χ4n) is 2.76. The van der Waals surface area contributed by atoms with Crippen molar-refractivity contribution in [3.05, 3.63) is 0 Å². The average molecular weight is 255 g/mol. The Morgan fingerprint density at radius 1 is 1.33 bits per heavy atom. The number of piperidine rings is 1. The summed E-state index contributed by atoms with van der Waals surface area (Å²) in [5.74, 6) is 0. The molecule has 1 aliphatic rings. The lowest BCUT2D eigenvalue weighted by Crippen LogP contribution is -2.42. The van der Waals surface area contributed by atoms with Crippen LogP contribution in [0.4, 0.5) is 0 Å². The molecule has 0 radical (unpaired) electrons. The molecule has 0 aromatic heterocycles. The Labute approximate surface area is 114 Å². The van der Waals surface area contributed by atoms with E-state index in [9.17, 15) is 0 Å². The van der Waals surface area contributed by atoms with Gasteiger partial charge < -0.3 is 15.1 Å². The first-order chi connectivity index (χ1) is 8.63. The van der Waals surface area contributed by atoms with Crippen LogP contribution in [0.15, 0.2) is 0 Å². The van der Waals surface area contributed by atoms with E-state index in [4.69, 9.17) is 0 Å². The minimum Gasteiger partial charge on any atom is -0.314 e. The van der Waals surface area contributed by atoms with Crippen LogP contribution >= 0.6 is 0 Å². The number of hydrogen-bond acceptors (Lipinski definition) is 3. The summed E-state index contributed by atoms with van der Waals surface area (Å²) in [6, 6.07) is 1.50. The molecule has 3 heteroatoms. The van der Waals surface area contributed by atoms with Crippen molar-refractivity contribution in [1.29, 1.82) is 0 Å². The molecule has 0 amide bonds. The van der Waals surface area contributed by atoms with Crippen molar-refractivity contribution >= 4 is 0 Å². The maximum atomic E-state index is 3.57. The average Bonchev–Trinajstić information content (AvgIpc) is 2.37. The van der Waals surface area contributed by atoms with Gasteiger partial charge in [-0.3, -0.25) is 0 Å². The van der Waals surface area contributed by atoms with Gasteiger partial charge in [-0.1, -0.05) is 6.92 Å². The lowest BCUT2D eigenvalue weighted by atomic mass is 10.0. The molecule has 1 fully saturated rings. The van der Waals surface area contributed by atoms with E-state index in [2.05, 4.69) is 43.1 Å². The second kappa shape index (κ2) is 8.89. The summed E-state index contributed by atoms with van der Waals surface area (Å²) >= 11 is 0. The van der Waals surface area contributed by atoms with Crippen LogP contribution in [0.3, 0.4) is 0 Å². The quantitative estimate of drug-likeness (QED) is 0.717. The van der Waals surface area contributed by atoms with Gasteiger partial charge in [0.2, 0.25) is 0 Å². The van der Waals surface area contributed by atoms with Gasteiger partial charge in [-0.15, -0.1) is 0 Å². The molecule has 1 heterocycles. The van der Waals surface area contributed by atoms with E-state index in [1.807, 2.05) is 0 Å². The van der Waals surface area contributed by atoms with E-state index < -0.39 is 0 Å². The third kappa shape index (κ3) is 6.17. The highest BCUT2D eigenvalue weighted by Gasteiger charge is 2.19. The molecule has 18 heavy (non-hydrogen) atoms. The van der Waals surface area contributed by atoms with Crippen LogP contribution in [0, 0.1) is 0 Å². The molecule has 0 aliphatic carbocycles. The Kier molecular flexibility index (Phi) is 7.87. The van der Waals surface area contributed by atoms with Crippen LogP contribution < -0.4 is 5.32 Å². The third-order valence-electron chi connectivity index (χ3n) is 4.20. The first-order valence-corrected chi connectivity index (χ1v) is 7.75. The second-order valence-corrected chi connectivity index (χ2v) is 6.01. The van der Waals surface area contributed by atoms with Crippen LogP contribution in [0.5, 0.6) is 0 Å². The fourth-order valence-corrected chi connectivity index (χ4v) is 2.76. The van der Waals surface area contributed by atoms with Crippen molar-refractivity contribution in [1.82, 2.24) is 15.1 Å². The van der Waals surface area contributed by atoms with Gasteiger partial charge in [-0.05, 0) is 79.3 Å². The van der Waals surface area contributed by atoms with Crippen LogP contribution in [-0.2, 0) is 0 Å². The van der Waals surface area contributed by atoms with Crippen LogP contribution in [0.25, 0.3) is 0 Å². The smallest absolute Gasteiger partial charge is 0.0117 e. The van der Waals surface area contributed by atoms with Crippen LogP contribution in [0.2, 0.25) is 0 Å². The Hall–Kier alpha value is -0.120. The highest BCUT2D eigenvalue weighted by Crippen LogP contribution is 2.14. The number of nitrogens with one attached hydrogen (secondary N) is 1. The van der Waals surface area contributed by atoms with E-state index >= 15 is 0 Å². The Morgan fingerprint density at radius 3 is 2.61 bits per heavy atom. The summed E-state index contributed by atoms with van der Waals surface area (Å²) < 4.78 is 0. The molecule has 1 rings (SSSR count). The van der Waals surface area contributed by atoms with Gasteiger partial charge in [-0.25, -0.2) is 0 Å². The van der Waals surface area contributed by atoms with Gasteiger partial charge >= 0.3 is 0 Å². The summed E-state index contributed by atoms with van der Waals surface area (Å²) in [6.45, 7) is 9.49. The minimum absolute atomic E-state index is 0.677. The van der Waals surface area contributed by atoms with Gasteiger partial charge in [0.05, 0.1) is 0 Å². The molecule has 1 unspecified atom stereocenters. The van der Waals surface area contributed by atoms with E-state index in [1.165, 1.54) is 51.7 Å².